The first-order chi connectivity index (χ1) is 7.09. The summed E-state index contributed by atoms with van der Waals surface area (Å²) in [5, 5.41) is 0. The van der Waals surface area contributed by atoms with Crippen molar-refractivity contribution in [3.05, 3.63) is 0 Å². The fraction of sp³-hybridized carbons (Fsp3) is 0.923. The van der Waals surface area contributed by atoms with Crippen LogP contribution in [0.1, 0.15) is 46.0 Å². The van der Waals surface area contributed by atoms with Crippen LogP contribution in [0.4, 0.5) is 0 Å². The van der Waals surface area contributed by atoms with Crippen molar-refractivity contribution in [2.45, 2.75) is 46.0 Å². The third-order valence-corrected chi connectivity index (χ3v) is 6.25. The zero-order valence-electron chi connectivity index (χ0n) is 9.76. The Labute approximate surface area is 107 Å². The van der Waals surface area contributed by atoms with Crippen molar-refractivity contribution < 1.29 is 4.79 Å². The number of carbonyl (C=O) groups excluding carboxylic acids is 1. The van der Waals surface area contributed by atoms with Gasteiger partial charge in [0.2, 0.25) is 0 Å². The van der Waals surface area contributed by atoms with E-state index < -0.39 is 0 Å². The molecule has 2 heteroatoms. The fourth-order valence-electron chi connectivity index (χ4n) is 3.77. The second-order valence-electron chi connectivity index (χ2n) is 5.67. The maximum atomic E-state index is 12.1. The minimum Gasteiger partial charge on any atom is -0.299 e. The predicted octanol–water partition coefficient (Wildman–Crippen LogP) is 3.84. The second-order valence-corrected chi connectivity index (χ2v) is 6.55. The Kier molecular flexibility index (Phi) is 3.44. The number of rotatable bonds is 2. The van der Waals surface area contributed by atoms with Crippen molar-refractivity contribution in [2.75, 3.05) is 4.43 Å². The smallest absolute Gasteiger partial charge is 0.139 e. The van der Waals surface area contributed by atoms with E-state index in [9.17, 15) is 4.79 Å². The summed E-state index contributed by atoms with van der Waals surface area (Å²) in [6.45, 7) is 4.60. The van der Waals surface area contributed by atoms with Crippen LogP contribution in [0.25, 0.3) is 0 Å². The van der Waals surface area contributed by atoms with E-state index in [-0.39, 0.29) is 5.41 Å². The first-order valence-corrected chi connectivity index (χ1v) is 7.71. The Morgan fingerprint density at radius 2 is 2.27 bits per heavy atom. The summed E-state index contributed by atoms with van der Waals surface area (Å²) in [4.78, 5) is 12.1. The molecule has 0 aromatic rings. The van der Waals surface area contributed by atoms with Gasteiger partial charge in [-0.2, -0.15) is 0 Å². The van der Waals surface area contributed by atoms with Gasteiger partial charge in [0.15, 0.2) is 0 Å². The maximum absolute atomic E-state index is 12.1. The molecular weight excluding hydrogens is 299 g/mol. The van der Waals surface area contributed by atoms with Crippen LogP contribution in [0.15, 0.2) is 0 Å². The van der Waals surface area contributed by atoms with E-state index in [0.29, 0.717) is 11.7 Å². The third-order valence-electron chi connectivity index (χ3n) is 4.86. The van der Waals surface area contributed by atoms with Gasteiger partial charge in [0.25, 0.3) is 0 Å². The summed E-state index contributed by atoms with van der Waals surface area (Å²) in [6.07, 6.45) is 5.73. The number of hydrogen-bond acceptors (Lipinski definition) is 1. The van der Waals surface area contributed by atoms with Gasteiger partial charge in [0.05, 0.1) is 0 Å². The molecule has 2 fully saturated rings. The molecule has 2 aliphatic carbocycles. The van der Waals surface area contributed by atoms with E-state index >= 15 is 0 Å². The highest BCUT2D eigenvalue weighted by Crippen LogP contribution is 2.55. The molecule has 0 saturated heterocycles. The molecule has 0 amide bonds. The molecule has 0 N–H and O–H groups in total. The molecule has 0 unspecified atom stereocenters. The summed E-state index contributed by atoms with van der Waals surface area (Å²) in [5.74, 6) is 2.87. The first kappa shape index (κ1) is 11.9. The Balaban J connectivity index is 2.18. The van der Waals surface area contributed by atoms with Gasteiger partial charge < -0.3 is 0 Å². The molecule has 1 nitrogen and oxygen atoms in total. The van der Waals surface area contributed by atoms with Crippen molar-refractivity contribution in [3.63, 3.8) is 0 Å². The number of hydrogen-bond donors (Lipinski definition) is 0. The minimum absolute atomic E-state index is 0.0585. The predicted molar refractivity (Wildman–Crippen MR) is 71.2 cm³/mol. The molecular formula is C13H21IO. The molecule has 0 bridgehead atoms. The number of carbonyl (C=O) groups is 1. The third kappa shape index (κ3) is 1.87. The highest BCUT2D eigenvalue weighted by Gasteiger charge is 2.51. The molecule has 2 aliphatic rings. The van der Waals surface area contributed by atoms with Gasteiger partial charge in [-0.25, -0.2) is 0 Å². The van der Waals surface area contributed by atoms with Gasteiger partial charge in [0.1, 0.15) is 5.78 Å². The molecule has 0 aromatic heterocycles. The molecule has 0 radical (unpaired) electrons. The molecule has 2 rings (SSSR count). The van der Waals surface area contributed by atoms with Crippen molar-refractivity contribution >= 4 is 28.4 Å². The van der Waals surface area contributed by atoms with Crippen LogP contribution in [0.3, 0.4) is 0 Å². The molecule has 0 aromatic carbocycles. The number of fused-ring (bicyclic) bond motifs is 1. The van der Waals surface area contributed by atoms with Gasteiger partial charge in [-0.1, -0.05) is 36.4 Å². The van der Waals surface area contributed by atoms with Gasteiger partial charge in [-0.15, -0.1) is 0 Å². The first-order valence-electron chi connectivity index (χ1n) is 6.19. The average molecular weight is 320 g/mol. The van der Waals surface area contributed by atoms with Crippen molar-refractivity contribution in [1.29, 1.82) is 0 Å². The molecule has 0 heterocycles. The summed E-state index contributed by atoms with van der Waals surface area (Å²) >= 11 is 2.49. The molecule has 0 spiro atoms. The van der Waals surface area contributed by atoms with Crippen LogP contribution in [0.5, 0.6) is 0 Å². The molecule has 4 atom stereocenters. The lowest BCUT2D eigenvalue weighted by molar-refractivity contribution is -0.133. The molecule has 86 valence electrons. The lowest BCUT2D eigenvalue weighted by Gasteiger charge is -2.38. The Bertz CT molecular complexity index is 263. The lowest BCUT2D eigenvalue weighted by atomic mass is 9.65. The van der Waals surface area contributed by atoms with Gasteiger partial charge in [0, 0.05) is 16.3 Å². The minimum atomic E-state index is 0.0585. The fourth-order valence-corrected chi connectivity index (χ4v) is 4.42. The highest BCUT2D eigenvalue weighted by atomic mass is 127. The zero-order chi connectivity index (χ0) is 11.1. The van der Waals surface area contributed by atoms with E-state index in [2.05, 4.69) is 36.4 Å². The topological polar surface area (TPSA) is 17.1 Å². The Morgan fingerprint density at radius 3 is 2.93 bits per heavy atom. The zero-order valence-corrected chi connectivity index (χ0v) is 11.9. The lowest BCUT2D eigenvalue weighted by Crippen LogP contribution is -2.38. The molecule has 15 heavy (non-hydrogen) atoms. The Morgan fingerprint density at radius 1 is 1.53 bits per heavy atom. The normalized spacial score (nSPS) is 42.7. The van der Waals surface area contributed by atoms with E-state index in [1.165, 1.54) is 17.3 Å². The van der Waals surface area contributed by atoms with E-state index in [1.54, 1.807) is 0 Å². The second kappa shape index (κ2) is 4.34. The van der Waals surface area contributed by atoms with Crippen molar-refractivity contribution in [1.82, 2.24) is 0 Å². The van der Waals surface area contributed by atoms with Crippen molar-refractivity contribution in [2.24, 2.45) is 23.2 Å². The van der Waals surface area contributed by atoms with E-state index in [4.69, 9.17) is 0 Å². The maximum Gasteiger partial charge on any atom is 0.139 e. The summed E-state index contributed by atoms with van der Waals surface area (Å²) in [5.41, 5.74) is 0.0585. The summed E-state index contributed by atoms with van der Waals surface area (Å²) in [7, 11) is 0. The van der Waals surface area contributed by atoms with Gasteiger partial charge >= 0.3 is 0 Å². The Hall–Kier alpha value is 0.400. The number of alkyl halides is 1. The van der Waals surface area contributed by atoms with Crippen LogP contribution in [-0.2, 0) is 4.79 Å². The monoisotopic (exact) mass is 320 g/mol. The van der Waals surface area contributed by atoms with Crippen LogP contribution < -0.4 is 0 Å². The number of Topliss-reactive ketones (excluding diaryl/α,β-unsaturated/α-hetero) is 1. The quantitative estimate of drug-likeness (QED) is 0.558. The van der Waals surface area contributed by atoms with Gasteiger partial charge in [-0.05, 0) is 43.4 Å². The SMILES string of the molecule is C[C@H](CI)[C@@H]1CC[C@@]2(C)C(=O)CCC[C@H]12. The van der Waals surface area contributed by atoms with E-state index in [0.717, 1.165) is 31.1 Å². The van der Waals surface area contributed by atoms with Gasteiger partial charge in [-0.3, -0.25) is 4.79 Å². The highest BCUT2D eigenvalue weighted by molar-refractivity contribution is 14.1. The molecule has 0 aliphatic heterocycles. The van der Waals surface area contributed by atoms with Crippen LogP contribution in [0.2, 0.25) is 0 Å². The van der Waals surface area contributed by atoms with E-state index in [1.807, 2.05) is 0 Å². The van der Waals surface area contributed by atoms with Crippen molar-refractivity contribution in [3.8, 4) is 0 Å². The van der Waals surface area contributed by atoms with Crippen LogP contribution >= 0.6 is 22.6 Å². The molecule has 2 saturated carbocycles. The summed E-state index contributed by atoms with van der Waals surface area (Å²) < 4.78 is 1.24. The van der Waals surface area contributed by atoms with Crippen LogP contribution in [-0.4, -0.2) is 10.2 Å². The number of ketones is 1. The van der Waals surface area contributed by atoms with Crippen LogP contribution in [0, 0.1) is 23.2 Å². The standard InChI is InChI=1S/C13H21IO/c1-9(8-14)10-6-7-13(2)11(10)4-3-5-12(13)15/h9-11H,3-8H2,1-2H3/t9-,10+,11-,13-/m1/s1. The number of halogens is 1. The average Bonchev–Trinajstić information content (AvgIpc) is 2.57. The summed E-state index contributed by atoms with van der Waals surface area (Å²) in [6, 6.07) is 0. The largest absolute Gasteiger partial charge is 0.299 e.